The Morgan fingerprint density at radius 1 is 1.33 bits per heavy atom. The lowest BCUT2D eigenvalue weighted by Gasteiger charge is -2.04. The Morgan fingerprint density at radius 3 is 2.90 bits per heavy atom. The van der Waals surface area contributed by atoms with Crippen LogP contribution in [0.2, 0.25) is 5.15 Å². The smallest absolute Gasteiger partial charge is 0.336 e. The normalized spacial score (nSPS) is 10.6. The third-order valence-electron chi connectivity index (χ3n) is 2.81. The number of ether oxygens (including phenoxy) is 1. The van der Waals surface area contributed by atoms with E-state index in [1.54, 1.807) is 6.07 Å². The van der Waals surface area contributed by atoms with Crippen LogP contribution in [0.15, 0.2) is 30.3 Å². The Labute approximate surface area is 124 Å². The summed E-state index contributed by atoms with van der Waals surface area (Å²) >= 11 is 6.09. The Kier molecular flexibility index (Phi) is 3.41. The van der Waals surface area contributed by atoms with Gasteiger partial charge in [-0.1, -0.05) is 35.9 Å². The van der Waals surface area contributed by atoms with Gasteiger partial charge in [-0.2, -0.15) is 4.98 Å². The second-order valence-corrected chi connectivity index (χ2v) is 4.50. The molecule has 0 aliphatic heterocycles. The molecule has 0 saturated carbocycles. The molecule has 0 fully saturated rings. The second kappa shape index (κ2) is 5.37. The van der Waals surface area contributed by atoms with Crippen LogP contribution in [0.3, 0.4) is 0 Å². The first-order valence-corrected chi connectivity index (χ1v) is 6.38. The van der Waals surface area contributed by atoms with E-state index in [0.29, 0.717) is 0 Å². The first-order valence-electron chi connectivity index (χ1n) is 6.00. The summed E-state index contributed by atoms with van der Waals surface area (Å²) in [6, 6.07) is 9.21. The lowest BCUT2D eigenvalue weighted by Crippen LogP contribution is -2.14. The van der Waals surface area contributed by atoms with Gasteiger partial charge in [-0.3, -0.25) is 10.1 Å². The topological polar surface area (TPSA) is 92.8 Å². The molecular weight excluding hydrogens is 294 g/mol. The number of anilines is 1. The third-order valence-corrected chi connectivity index (χ3v) is 3.09. The molecule has 7 nitrogen and oxygen atoms in total. The lowest BCUT2D eigenvalue weighted by atomic mass is 10.1. The van der Waals surface area contributed by atoms with Crippen molar-refractivity contribution in [2.24, 2.45) is 0 Å². The molecule has 0 aliphatic carbocycles. The number of benzene rings is 1. The number of carbonyl (C=O) groups is 1. The average molecular weight is 304 g/mol. The number of nitrogens with zero attached hydrogens (tertiary/aromatic N) is 3. The summed E-state index contributed by atoms with van der Waals surface area (Å²) in [7, 11) is 1.43. The van der Waals surface area contributed by atoms with Gasteiger partial charge in [-0.25, -0.2) is 10.1 Å². The number of methoxy groups -OCH3 is 1. The van der Waals surface area contributed by atoms with E-state index in [1.807, 2.05) is 24.3 Å². The summed E-state index contributed by atoms with van der Waals surface area (Å²) in [5.41, 5.74) is 0.189. The van der Waals surface area contributed by atoms with E-state index in [9.17, 15) is 4.79 Å². The van der Waals surface area contributed by atoms with Gasteiger partial charge in [0, 0.05) is 5.39 Å². The van der Waals surface area contributed by atoms with E-state index in [0.717, 1.165) is 10.8 Å². The first kappa shape index (κ1) is 13.3. The largest absolute Gasteiger partial charge is 0.466 e. The van der Waals surface area contributed by atoms with Crippen LogP contribution in [-0.2, 0) is 0 Å². The maximum absolute atomic E-state index is 12.1. The zero-order valence-electron chi connectivity index (χ0n) is 10.9. The summed E-state index contributed by atoms with van der Waals surface area (Å²) in [6.45, 7) is 0. The SMILES string of the molecule is COc1n[nH]c(NC(=O)c2cc3ccccc3c(Cl)n2)n1. The summed E-state index contributed by atoms with van der Waals surface area (Å²) in [6.07, 6.45) is 0. The van der Waals surface area contributed by atoms with Crippen molar-refractivity contribution >= 4 is 34.2 Å². The number of aromatic nitrogens is 4. The van der Waals surface area contributed by atoms with Crippen molar-refractivity contribution in [1.82, 2.24) is 20.2 Å². The Bertz CT molecular complexity index is 817. The van der Waals surface area contributed by atoms with E-state index >= 15 is 0 Å². The van der Waals surface area contributed by atoms with Gasteiger partial charge in [-0.05, 0) is 11.5 Å². The lowest BCUT2D eigenvalue weighted by molar-refractivity contribution is 0.102. The molecule has 0 spiro atoms. The number of aromatic amines is 1. The molecule has 0 saturated heterocycles. The highest BCUT2D eigenvalue weighted by molar-refractivity contribution is 6.34. The van der Waals surface area contributed by atoms with Gasteiger partial charge in [0.25, 0.3) is 5.91 Å². The van der Waals surface area contributed by atoms with Crippen LogP contribution < -0.4 is 10.1 Å². The molecule has 8 heteroatoms. The fraction of sp³-hybridized carbons (Fsp3) is 0.0769. The second-order valence-electron chi connectivity index (χ2n) is 4.14. The Morgan fingerprint density at radius 2 is 2.14 bits per heavy atom. The summed E-state index contributed by atoms with van der Waals surface area (Å²) < 4.78 is 4.82. The van der Waals surface area contributed by atoms with E-state index in [2.05, 4.69) is 25.5 Å². The van der Waals surface area contributed by atoms with E-state index in [-0.39, 0.29) is 22.8 Å². The highest BCUT2D eigenvalue weighted by atomic mass is 35.5. The van der Waals surface area contributed by atoms with Gasteiger partial charge in [0.2, 0.25) is 5.95 Å². The molecular formula is C13H10ClN5O2. The van der Waals surface area contributed by atoms with Crippen LogP contribution in [0, 0.1) is 0 Å². The molecule has 2 N–H and O–H groups in total. The van der Waals surface area contributed by atoms with Gasteiger partial charge < -0.3 is 4.74 Å². The van der Waals surface area contributed by atoms with Crippen molar-refractivity contribution in [3.05, 3.63) is 41.2 Å². The number of halogens is 1. The van der Waals surface area contributed by atoms with Gasteiger partial charge in [0.15, 0.2) is 0 Å². The maximum atomic E-state index is 12.1. The van der Waals surface area contributed by atoms with Crippen molar-refractivity contribution in [1.29, 1.82) is 0 Å². The monoisotopic (exact) mass is 303 g/mol. The van der Waals surface area contributed by atoms with E-state index in [1.165, 1.54) is 7.11 Å². The van der Waals surface area contributed by atoms with Crippen LogP contribution in [-0.4, -0.2) is 33.2 Å². The van der Waals surface area contributed by atoms with E-state index in [4.69, 9.17) is 16.3 Å². The minimum absolute atomic E-state index is 0.134. The summed E-state index contributed by atoms with van der Waals surface area (Å²) in [4.78, 5) is 20.1. The van der Waals surface area contributed by atoms with Crippen molar-refractivity contribution in [2.45, 2.75) is 0 Å². The third kappa shape index (κ3) is 2.63. The van der Waals surface area contributed by atoms with Crippen LogP contribution in [0.25, 0.3) is 10.8 Å². The number of carbonyl (C=O) groups excluding carboxylic acids is 1. The predicted molar refractivity (Wildman–Crippen MR) is 77.6 cm³/mol. The predicted octanol–water partition coefficient (Wildman–Crippen LogP) is 2.27. The summed E-state index contributed by atoms with van der Waals surface area (Å²) in [5, 5.41) is 10.7. The first-order chi connectivity index (χ1) is 10.2. The van der Waals surface area contributed by atoms with E-state index < -0.39 is 5.91 Å². The standard InChI is InChI=1S/C13H10ClN5O2/c1-21-13-17-12(18-19-13)16-11(20)9-6-7-4-2-3-5-8(7)10(14)15-9/h2-6H,1H3,(H2,16,17,18,19,20). The zero-order valence-corrected chi connectivity index (χ0v) is 11.7. The quantitative estimate of drug-likeness (QED) is 0.724. The minimum Gasteiger partial charge on any atom is -0.466 e. The molecule has 1 amide bonds. The molecule has 21 heavy (non-hydrogen) atoms. The molecule has 0 unspecified atom stereocenters. The number of amides is 1. The highest BCUT2D eigenvalue weighted by Crippen LogP contribution is 2.22. The minimum atomic E-state index is -0.443. The summed E-state index contributed by atoms with van der Waals surface area (Å²) in [5.74, 6) is -0.274. The van der Waals surface area contributed by atoms with Gasteiger partial charge in [0.1, 0.15) is 10.8 Å². The maximum Gasteiger partial charge on any atom is 0.336 e. The fourth-order valence-corrected chi connectivity index (χ4v) is 2.10. The van der Waals surface area contributed by atoms with Gasteiger partial charge >= 0.3 is 6.01 Å². The molecule has 3 aromatic rings. The highest BCUT2D eigenvalue weighted by Gasteiger charge is 2.13. The number of rotatable bonds is 3. The number of pyridine rings is 1. The molecule has 0 atom stereocenters. The van der Waals surface area contributed by atoms with Crippen LogP contribution >= 0.6 is 11.6 Å². The van der Waals surface area contributed by atoms with Gasteiger partial charge in [0.05, 0.1) is 7.11 Å². The van der Waals surface area contributed by atoms with Crippen molar-refractivity contribution in [2.75, 3.05) is 12.4 Å². The molecule has 1 aromatic carbocycles. The van der Waals surface area contributed by atoms with Crippen molar-refractivity contribution in [3.8, 4) is 6.01 Å². The molecule has 0 aliphatic rings. The molecule has 106 valence electrons. The molecule has 0 bridgehead atoms. The number of hydrogen-bond donors (Lipinski definition) is 2. The zero-order chi connectivity index (χ0) is 14.8. The van der Waals surface area contributed by atoms with Crippen LogP contribution in [0.1, 0.15) is 10.5 Å². The fourth-order valence-electron chi connectivity index (χ4n) is 1.84. The molecule has 3 rings (SSSR count). The van der Waals surface area contributed by atoms with Crippen molar-refractivity contribution < 1.29 is 9.53 Å². The van der Waals surface area contributed by atoms with Crippen LogP contribution in [0.4, 0.5) is 5.95 Å². The molecule has 0 radical (unpaired) electrons. The van der Waals surface area contributed by atoms with Crippen LogP contribution in [0.5, 0.6) is 6.01 Å². The molecule has 2 heterocycles. The Hall–Kier alpha value is -2.67. The number of hydrogen-bond acceptors (Lipinski definition) is 5. The van der Waals surface area contributed by atoms with Gasteiger partial charge in [-0.15, -0.1) is 5.10 Å². The average Bonchev–Trinajstić information content (AvgIpc) is 2.95. The van der Waals surface area contributed by atoms with Crippen molar-refractivity contribution in [3.63, 3.8) is 0 Å². The number of fused-ring (bicyclic) bond motifs is 1. The number of H-pyrrole nitrogens is 1. The number of nitrogens with one attached hydrogen (secondary N) is 2. The Balaban J connectivity index is 1.90. The molecule has 2 aromatic heterocycles.